The van der Waals surface area contributed by atoms with Gasteiger partial charge >= 0.3 is 6.16 Å². The molecule has 0 saturated heterocycles. The summed E-state index contributed by atoms with van der Waals surface area (Å²) < 4.78 is 22.1. The van der Waals surface area contributed by atoms with Crippen LogP contribution in [0.15, 0.2) is 21.6 Å². The number of hydrogen-bond donors (Lipinski definition) is 7. The van der Waals surface area contributed by atoms with Crippen molar-refractivity contribution in [2.45, 2.75) is 137 Å². The summed E-state index contributed by atoms with van der Waals surface area (Å²) in [4.78, 5) is 58.5. The zero-order valence-electron chi connectivity index (χ0n) is 38.9. The highest BCUT2D eigenvalue weighted by Crippen LogP contribution is 2.67. The lowest BCUT2D eigenvalue weighted by Crippen LogP contribution is -2.51. The first-order valence-electron chi connectivity index (χ1n) is 23.7. The Morgan fingerprint density at radius 1 is 0.794 bits per heavy atom. The smallest absolute Gasteiger partial charge is 0.432 e. The highest BCUT2D eigenvalue weighted by molar-refractivity contribution is 5.92. The molecule has 9 unspecified atom stereocenters. The molecule has 0 aliphatic heterocycles. The van der Waals surface area contributed by atoms with E-state index in [0.717, 1.165) is 55.3 Å². The van der Waals surface area contributed by atoms with Crippen molar-refractivity contribution in [3.05, 3.63) is 11.6 Å². The third kappa shape index (κ3) is 15.8. The number of nitrogens with one attached hydrogen (secondary N) is 3. The minimum absolute atomic E-state index is 0.0206. The van der Waals surface area contributed by atoms with Crippen LogP contribution >= 0.6 is 0 Å². The number of nitrogens with zero attached hydrogens (tertiary/aromatic N) is 2. The van der Waals surface area contributed by atoms with Crippen molar-refractivity contribution >= 4 is 35.8 Å². The van der Waals surface area contributed by atoms with Gasteiger partial charge in [-0.2, -0.15) is 0 Å². The van der Waals surface area contributed by atoms with Crippen LogP contribution < -0.4 is 38.9 Å². The summed E-state index contributed by atoms with van der Waals surface area (Å²) in [5.41, 5.74) is 23.4. The monoisotopic (exact) mass is 888 g/mol. The summed E-state index contributed by atoms with van der Waals surface area (Å²) in [5.74, 6) is 3.03. The number of rotatable bonds is 26. The van der Waals surface area contributed by atoms with E-state index < -0.39 is 29.9 Å². The predicted octanol–water partition coefficient (Wildman–Crippen LogP) is 4.02. The molecule has 17 heteroatoms. The molecule has 0 heterocycles. The van der Waals surface area contributed by atoms with Crippen molar-refractivity contribution in [1.29, 1.82) is 0 Å². The number of hydrogen-bond acceptors (Lipinski definition) is 10. The zero-order chi connectivity index (χ0) is 46.0. The summed E-state index contributed by atoms with van der Waals surface area (Å²) in [6.45, 7) is 13.5. The van der Waals surface area contributed by atoms with Gasteiger partial charge in [0.1, 0.15) is 25.4 Å². The fourth-order valence-electron chi connectivity index (χ4n) is 11.3. The van der Waals surface area contributed by atoms with Gasteiger partial charge in [0, 0.05) is 32.6 Å². The second kappa shape index (κ2) is 25.4. The van der Waals surface area contributed by atoms with Crippen molar-refractivity contribution in [2.75, 3.05) is 59.2 Å². The van der Waals surface area contributed by atoms with E-state index in [9.17, 15) is 19.2 Å². The Labute approximate surface area is 375 Å². The standard InChI is InChI=1S/C46H81N9O8/c1-30(2)9-6-10-31(3)35-13-14-36-34-12-11-32-27-33(15-17-45(32,4)37(34)16-18-46(35,36)5)63-44(59)62-26-25-60-23-24-61-29-40(57)55-38(41(58)52-20-8-22-54-43(49)50)28-39(56)51-19-7-21-53-42(47)48/h11,30-31,33-38H,6-10,12-29H2,1-5H3,(H,51,56)(H,52,58)(H,55,57)(H4,47,48,53)(H4,49,50,54). The minimum atomic E-state index is -1.15. The fourth-order valence-corrected chi connectivity index (χ4v) is 11.3. The van der Waals surface area contributed by atoms with Crippen LogP contribution in [-0.2, 0) is 33.3 Å². The first-order valence-corrected chi connectivity index (χ1v) is 23.7. The number of guanidine groups is 2. The van der Waals surface area contributed by atoms with Gasteiger partial charge in [-0.1, -0.05) is 65.5 Å². The molecule has 0 spiro atoms. The second-order valence-corrected chi connectivity index (χ2v) is 19.3. The van der Waals surface area contributed by atoms with Crippen molar-refractivity contribution in [3.63, 3.8) is 0 Å². The van der Waals surface area contributed by atoms with Crippen LogP contribution in [0.1, 0.15) is 125 Å². The Balaban J connectivity index is 1.11. The average Bonchev–Trinajstić information content (AvgIpc) is 3.58. The molecule has 4 aliphatic rings. The normalized spacial score (nSPS) is 27.0. The molecule has 17 nitrogen and oxygen atoms in total. The maximum Gasteiger partial charge on any atom is 0.508 e. The van der Waals surface area contributed by atoms with E-state index in [1.54, 1.807) is 0 Å². The zero-order valence-corrected chi connectivity index (χ0v) is 38.9. The van der Waals surface area contributed by atoms with Crippen molar-refractivity contribution in [1.82, 2.24) is 16.0 Å². The van der Waals surface area contributed by atoms with E-state index >= 15 is 0 Å². The fraction of sp³-hybridized carbons (Fsp3) is 0.826. The largest absolute Gasteiger partial charge is 0.508 e. The first-order chi connectivity index (χ1) is 30.0. The summed E-state index contributed by atoms with van der Waals surface area (Å²) in [6, 6.07) is -1.15. The topological polar surface area (TPSA) is 270 Å². The number of aliphatic imine (C=N–C) groups is 2. The molecule has 3 fully saturated rings. The van der Waals surface area contributed by atoms with E-state index in [1.165, 1.54) is 50.5 Å². The van der Waals surface area contributed by atoms with Crippen LogP contribution in [-0.4, -0.2) is 107 Å². The SMILES string of the molecule is CC(C)CCCC(C)C1CCC2C3CC=C4CC(OC(=O)OCCOCCOCC(=O)NC(CC(=O)NCCCN=C(N)N)C(=O)NCCCN=C(N)N)CCC4(C)C3CCC12C. The minimum Gasteiger partial charge on any atom is -0.432 e. The van der Waals surface area contributed by atoms with E-state index in [2.05, 4.69) is 66.6 Å². The molecular weight excluding hydrogens is 807 g/mol. The molecule has 0 aromatic heterocycles. The lowest BCUT2D eigenvalue weighted by Gasteiger charge is -2.58. The Morgan fingerprint density at radius 3 is 2.17 bits per heavy atom. The summed E-state index contributed by atoms with van der Waals surface area (Å²) in [6.07, 6.45) is 15.6. The maximum atomic E-state index is 12.9. The van der Waals surface area contributed by atoms with E-state index in [-0.39, 0.29) is 76.0 Å². The molecule has 0 bridgehead atoms. The van der Waals surface area contributed by atoms with Crippen LogP contribution in [0.2, 0.25) is 0 Å². The van der Waals surface area contributed by atoms with Crippen molar-refractivity contribution in [3.8, 4) is 0 Å². The van der Waals surface area contributed by atoms with Gasteiger partial charge in [0.15, 0.2) is 11.9 Å². The number of carbonyl (C=O) groups is 4. The van der Waals surface area contributed by atoms with Crippen LogP contribution in [0.3, 0.4) is 0 Å². The van der Waals surface area contributed by atoms with Crippen molar-refractivity contribution < 1.29 is 38.1 Å². The van der Waals surface area contributed by atoms with Crippen LogP contribution in [0.4, 0.5) is 4.79 Å². The van der Waals surface area contributed by atoms with Gasteiger partial charge in [-0.3, -0.25) is 24.4 Å². The molecule has 0 aromatic carbocycles. The first kappa shape index (κ1) is 51.5. The highest BCUT2D eigenvalue weighted by atomic mass is 16.7. The molecule has 358 valence electrons. The number of allylic oxidation sites excluding steroid dienone is 1. The van der Waals surface area contributed by atoms with Crippen molar-refractivity contribution in [2.24, 2.45) is 79.3 Å². The molecule has 4 rings (SSSR count). The second-order valence-electron chi connectivity index (χ2n) is 19.3. The lowest BCUT2D eigenvalue weighted by molar-refractivity contribution is -0.133. The Hall–Kier alpha value is -4.12. The molecule has 3 saturated carbocycles. The molecule has 11 N–H and O–H groups in total. The van der Waals surface area contributed by atoms with E-state index in [4.69, 9.17) is 41.9 Å². The van der Waals surface area contributed by atoms with Gasteiger partial charge < -0.3 is 57.8 Å². The number of amides is 3. The van der Waals surface area contributed by atoms with Gasteiger partial charge in [-0.25, -0.2) is 4.79 Å². The third-order valence-corrected chi connectivity index (χ3v) is 14.5. The number of fused-ring (bicyclic) bond motifs is 5. The summed E-state index contributed by atoms with van der Waals surface area (Å²) in [5, 5.41) is 7.93. The molecular formula is C46H81N9O8. The number of carbonyl (C=O) groups excluding carboxylic acids is 4. The van der Waals surface area contributed by atoms with Gasteiger partial charge in [0.2, 0.25) is 17.7 Å². The maximum absolute atomic E-state index is 12.9. The summed E-state index contributed by atoms with van der Waals surface area (Å²) >= 11 is 0. The van der Waals surface area contributed by atoms with Gasteiger partial charge in [0.05, 0.1) is 26.2 Å². The quantitative estimate of drug-likeness (QED) is 0.0214. The Kier molecular flexibility index (Phi) is 20.8. The van der Waals surface area contributed by atoms with Crippen LogP contribution in [0.25, 0.3) is 0 Å². The van der Waals surface area contributed by atoms with Gasteiger partial charge in [-0.15, -0.1) is 0 Å². The molecule has 3 amide bonds. The Bertz CT molecular complexity index is 1580. The van der Waals surface area contributed by atoms with E-state index in [0.29, 0.717) is 37.3 Å². The van der Waals surface area contributed by atoms with Crippen LogP contribution in [0.5, 0.6) is 0 Å². The number of nitrogens with two attached hydrogens (primary N) is 4. The molecule has 9 atom stereocenters. The van der Waals surface area contributed by atoms with Gasteiger partial charge in [0.25, 0.3) is 0 Å². The molecule has 0 radical (unpaired) electrons. The number of ether oxygens (including phenoxy) is 4. The molecule has 4 aliphatic carbocycles. The highest BCUT2D eigenvalue weighted by Gasteiger charge is 2.59. The lowest BCUT2D eigenvalue weighted by atomic mass is 9.47. The van der Waals surface area contributed by atoms with Gasteiger partial charge in [-0.05, 0) is 104 Å². The predicted molar refractivity (Wildman–Crippen MR) is 244 cm³/mol. The third-order valence-electron chi connectivity index (χ3n) is 14.5. The molecule has 0 aromatic rings. The summed E-state index contributed by atoms with van der Waals surface area (Å²) in [7, 11) is 0. The Morgan fingerprint density at radius 2 is 1.48 bits per heavy atom. The molecule has 63 heavy (non-hydrogen) atoms. The van der Waals surface area contributed by atoms with Crippen LogP contribution in [0, 0.1) is 46.3 Å². The average molecular weight is 888 g/mol. The van der Waals surface area contributed by atoms with E-state index in [1.807, 2.05) is 0 Å².